The highest BCUT2D eigenvalue weighted by molar-refractivity contribution is 6.15. The third-order valence-corrected chi connectivity index (χ3v) is 8.71. The molecule has 2 aliphatic rings. The molecule has 0 bridgehead atoms. The van der Waals surface area contributed by atoms with Gasteiger partial charge < -0.3 is 44.7 Å². The number of hydrogen-bond donors (Lipinski definition) is 4. The summed E-state index contributed by atoms with van der Waals surface area (Å²) >= 11 is 0. The van der Waals surface area contributed by atoms with E-state index in [9.17, 15) is 33.9 Å². The number of nitrogens with one attached hydrogen (secondary N) is 3. The fraction of sp³-hybridized carbons (Fsp3) is 0.444. The average molecular weight is 740 g/mol. The quantitative estimate of drug-likeness (QED) is 0.118. The SMILES string of the molecule is C=CCOC(=O)N[C@H](C(=O)N[C@@H](C)C(=O)Nc1ccc2c(c1)N1C(=O)c3cc(OC)c(OCCCC(=O)OC)cc3N(C(=O)O)[C@@H](OC)[C@@H]1C2)C(C)C. The van der Waals surface area contributed by atoms with Crippen LogP contribution in [0.1, 0.15) is 49.5 Å². The Morgan fingerprint density at radius 1 is 1.00 bits per heavy atom. The molecule has 17 heteroatoms. The molecular formula is C36H45N5O12. The number of hydrogen-bond acceptors (Lipinski definition) is 11. The Morgan fingerprint density at radius 3 is 2.36 bits per heavy atom. The summed E-state index contributed by atoms with van der Waals surface area (Å²) in [6.45, 7) is 8.45. The van der Waals surface area contributed by atoms with E-state index in [0.717, 1.165) is 4.90 Å². The molecule has 0 radical (unpaired) electrons. The molecule has 286 valence electrons. The van der Waals surface area contributed by atoms with E-state index in [1.807, 2.05) is 0 Å². The molecule has 0 saturated carbocycles. The maximum Gasteiger partial charge on any atom is 0.414 e. The van der Waals surface area contributed by atoms with E-state index < -0.39 is 60.2 Å². The Hall–Kier alpha value is -5.84. The van der Waals surface area contributed by atoms with E-state index in [-0.39, 0.29) is 54.7 Å². The minimum absolute atomic E-state index is 0.00368. The minimum atomic E-state index is -1.38. The van der Waals surface area contributed by atoms with Gasteiger partial charge in [0, 0.05) is 31.0 Å². The molecule has 2 heterocycles. The second-order valence-corrected chi connectivity index (χ2v) is 12.6. The number of anilines is 3. The van der Waals surface area contributed by atoms with E-state index in [0.29, 0.717) is 23.4 Å². The number of rotatable bonds is 15. The van der Waals surface area contributed by atoms with Gasteiger partial charge in [0.25, 0.3) is 5.91 Å². The van der Waals surface area contributed by atoms with Crippen LogP contribution < -0.4 is 35.2 Å². The van der Waals surface area contributed by atoms with Crippen LogP contribution in [0.2, 0.25) is 0 Å². The van der Waals surface area contributed by atoms with E-state index in [1.54, 1.807) is 32.0 Å². The molecule has 0 saturated heterocycles. The molecule has 0 aliphatic carbocycles. The van der Waals surface area contributed by atoms with E-state index in [1.165, 1.54) is 51.4 Å². The summed E-state index contributed by atoms with van der Waals surface area (Å²) in [5, 5.41) is 18.3. The lowest BCUT2D eigenvalue weighted by Crippen LogP contribution is -2.53. The number of nitrogens with zero attached hydrogens (tertiary/aromatic N) is 2. The van der Waals surface area contributed by atoms with Gasteiger partial charge in [0.2, 0.25) is 11.8 Å². The first-order chi connectivity index (χ1) is 25.3. The maximum absolute atomic E-state index is 14.4. The van der Waals surface area contributed by atoms with Gasteiger partial charge in [0.15, 0.2) is 17.7 Å². The summed E-state index contributed by atoms with van der Waals surface area (Å²) in [5.74, 6) is -2.14. The first kappa shape index (κ1) is 39.9. The molecular weight excluding hydrogens is 694 g/mol. The largest absolute Gasteiger partial charge is 0.493 e. The van der Waals surface area contributed by atoms with Gasteiger partial charge in [-0.25, -0.2) is 14.5 Å². The molecule has 0 fully saturated rings. The molecule has 5 amide bonds. The van der Waals surface area contributed by atoms with Gasteiger partial charge in [-0.15, -0.1) is 0 Å². The number of benzene rings is 2. The van der Waals surface area contributed by atoms with Crippen molar-refractivity contribution in [3.63, 3.8) is 0 Å². The molecule has 0 spiro atoms. The van der Waals surface area contributed by atoms with E-state index in [2.05, 4.69) is 27.3 Å². The number of ether oxygens (including phenoxy) is 5. The molecule has 2 aromatic carbocycles. The fourth-order valence-corrected chi connectivity index (χ4v) is 6.09. The van der Waals surface area contributed by atoms with Crippen molar-refractivity contribution in [2.45, 2.75) is 64.4 Å². The van der Waals surface area contributed by atoms with Crippen LogP contribution in [0.25, 0.3) is 0 Å². The van der Waals surface area contributed by atoms with Gasteiger partial charge in [0.05, 0.1) is 38.1 Å². The highest BCUT2D eigenvalue weighted by Gasteiger charge is 2.48. The second-order valence-electron chi connectivity index (χ2n) is 12.6. The van der Waals surface area contributed by atoms with Crippen molar-refractivity contribution in [3.05, 3.63) is 54.1 Å². The molecule has 2 aliphatic heterocycles. The van der Waals surface area contributed by atoms with Gasteiger partial charge in [0.1, 0.15) is 18.7 Å². The second kappa shape index (κ2) is 17.6. The predicted molar refractivity (Wildman–Crippen MR) is 191 cm³/mol. The Balaban J connectivity index is 1.60. The van der Waals surface area contributed by atoms with Crippen LogP contribution in [0.15, 0.2) is 43.0 Å². The highest BCUT2D eigenvalue weighted by Crippen LogP contribution is 2.45. The lowest BCUT2D eigenvalue weighted by molar-refractivity contribution is -0.140. The van der Waals surface area contributed by atoms with Crippen LogP contribution >= 0.6 is 0 Å². The fourth-order valence-electron chi connectivity index (χ4n) is 6.09. The Labute approximate surface area is 306 Å². The number of carbonyl (C=O) groups excluding carboxylic acids is 5. The van der Waals surface area contributed by atoms with Crippen molar-refractivity contribution < 1.29 is 57.6 Å². The maximum atomic E-state index is 14.4. The lowest BCUT2D eigenvalue weighted by Gasteiger charge is -2.33. The number of amides is 5. The molecule has 53 heavy (non-hydrogen) atoms. The first-order valence-corrected chi connectivity index (χ1v) is 16.8. The van der Waals surface area contributed by atoms with Crippen molar-refractivity contribution in [2.75, 3.05) is 49.7 Å². The molecule has 2 aromatic rings. The van der Waals surface area contributed by atoms with Crippen molar-refractivity contribution in [2.24, 2.45) is 5.92 Å². The highest BCUT2D eigenvalue weighted by atomic mass is 16.5. The van der Waals surface area contributed by atoms with Crippen LogP contribution in [0.5, 0.6) is 11.5 Å². The van der Waals surface area contributed by atoms with E-state index >= 15 is 0 Å². The number of esters is 1. The smallest absolute Gasteiger partial charge is 0.414 e. The zero-order valence-corrected chi connectivity index (χ0v) is 30.4. The van der Waals surface area contributed by atoms with E-state index in [4.69, 9.17) is 18.9 Å². The standard InChI is InChI=1S/C36H45N5O12/c1-8-13-53-35(46)39-30(19(2)3)32(44)37-20(4)31(43)38-22-12-11-21-15-26-34(51-7)41(36(47)48)25-18-28(52-14-9-10-29(42)50-6)27(49-5)17-23(25)33(45)40(26)24(21)16-22/h8,11-12,16-20,26,30,34H,1,9-10,13-15H2,2-7H3,(H,37,44)(H,38,43)(H,39,46)(H,47,48)/t20-,26-,30-,34-/m0/s1. The van der Waals surface area contributed by atoms with Crippen molar-refractivity contribution in [1.82, 2.24) is 10.6 Å². The van der Waals surface area contributed by atoms with Crippen LogP contribution in [0, 0.1) is 5.92 Å². The van der Waals surface area contributed by atoms with Crippen LogP contribution in [0.3, 0.4) is 0 Å². The lowest BCUT2D eigenvalue weighted by atomic mass is 10.0. The molecule has 0 unspecified atom stereocenters. The number of fused-ring (bicyclic) bond motifs is 4. The third kappa shape index (κ3) is 8.97. The molecule has 17 nitrogen and oxygen atoms in total. The monoisotopic (exact) mass is 739 g/mol. The zero-order chi connectivity index (χ0) is 39.0. The molecule has 4 atom stereocenters. The first-order valence-electron chi connectivity index (χ1n) is 16.8. The van der Waals surface area contributed by atoms with Crippen molar-refractivity contribution >= 4 is 52.9 Å². The van der Waals surface area contributed by atoms with Gasteiger partial charge in [-0.05, 0) is 49.4 Å². The Kier molecular flexibility index (Phi) is 13.3. The molecule has 0 aromatic heterocycles. The number of alkyl carbamates (subject to hydrolysis) is 1. The number of carbonyl (C=O) groups is 6. The van der Waals surface area contributed by atoms with Crippen molar-refractivity contribution in [1.29, 1.82) is 0 Å². The predicted octanol–water partition coefficient (Wildman–Crippen LogP) is 3.45. The third-order valence-electron chi connectivity index (χ3n) is 8.71. The minimum Gasteiger partial charge on any atom is -0.493 e. The van der Waals surface area contributed by atoms with Gasteiger partial charge in [-0.3, -0.25) is 24.1 Å². The van der Waals surface area contributed by atoms with Gasteiger partial charge in [-0.2, -0.15) is 0 Å². The summed E-state index contributed by atoms with van der Waals surface area (Å²) in [4.78, 5) is 79.5. The Morgan fingerprint density at radius 2 is 1.74 bits per heavy atom. The summed E-state index contributed by atoms with van der Waals surface area (Å²) < 4.78 is 26.7. The Bertz CT molecular complexity index is 1750. The average Bonchev–Trinajstić information content (AvgIpc) is 3.46. The van der Waals surface area contributed by atoms with Gasteiger partial charge in [-0.1, -0.05) is 32.6 Å². The summed E-state index contributed by atoms with van der Waals surface area (Å²) in [5.41, 5.74) is 1.42. The number of carboxylic acid groups (broad SMARTS) is 1. The van der Waals surface area contributed by atoms with Crippen LogP contribution in [0.4, 0.5) is 26.7 Å². The van der Waals surface area contributed by atoms with Crippen molar-refractivity contribution in [3.8, 4) is 11.5 Å². The van der Waals surface area contributed by atoms with Gasteiger partial charge >= 0.3 is 18.2 Å². The topological polar surface area (TPSA) is 211 Å². The molecule has 4 N–H and O–H groups in total. The summed E-state index contributed by atoms with van der Waals surface area (Å²) in [7, 11) is 4.00. The normalized spacial score (nSPS) is 16.9. The molecule has 4 rings (SSSR count). The van der Waals surface area contributed by atoms with Crippen LogP contribution in [-0.4, -0.2) is 99.9 Å². The summed E-state index contributed by atoms with van der Waals surface area (Å²) in [6, 6.07) is 4.91. The zero-order valence-electron chi connectivity index (χ0n) is 30.4. The number of methoxy groups -OCH3 is 3. The van der Waals surface area contributed by atoms with Crippen LogP contribution in [-0.2, 0) is 35.0 Å². The summed E-state index contributed by atoms with van der Waals surface area (Å²) in [6.07, 6.45) is -1.31.